The van der Waals surface area contributed by atoms with E-state index in [2.05, 4.69) is 15.1 Å². The van der Waals surface area contributed by atoms with E-state index < -0.39 is 11.9 Å². The van der Waals surface area contributed by atoms with E-state index in [4.69, 9.17) is 24.5 Å². The summed E-state index contributed by atoms with van der Waals surface area (Å²) >= 11 is 0. The van der Waals surface area contributed by atoms with Crippen LogP contribution in [0.2, 0.25) is 0 Å². The van der Waals surface area contributed by atoms with Crippen LogP contribution in [0.25, 0.3) is 28.1 Å². The Morgan fingerprint density at radius 2 is 1.69 bits per heavy atom. The summed E-state index contributed by atoms with van der Waals surface area (Å²) in [4.78, 5) is 18.5. The van der Waals surface area contributed by atoms with E-state index in [1.807, 2.05) is 23.0 Å². The molecule has 2 fully saturated rings. The van der Waals surface area contributed by atoms with Gasteiger partial charge in [0.15, 0.2) is 17.2 Å². The van der Waals surface area contributed by atoms with E-state index in [0.29, 0.717) is 47.0 Å². The van der Waals surface area contributed by atoms with Crippen LogP contribution in [-0.4, -0.2) is 53.2 Å². The van der Waals surface area contributed by atoms with E-state index in [9.17, 15) is 13.2 Å². The minimum Gasteiger partial charge on any atom is -0.480 e. The molecule has 0 aliphatic heterocycles. The van der Waals surface area contributed by atoms with Gasteiger partial charge in [0.1, 0.15) is 11.9 Å². The highest BCUT2D eigenvalue weighted by molar-refractivity contribution is 5.81. The van der Waals surface area contributed by atoms with Gasteiger partial charge in [-0.25, -0.2) is 29.3 Å². The maximum absolute atomic E-state index is 13.3. The summed E-state index contributed by atoms with van der Waals surface area (Å²) in [6.45, 7) is 2.33. The lowest BCUT2D eigenvalue weighted by Gasteiger charge is -2.11. The molecule has 0 saturated heterocycles. The summed E-state index contributed by atoms with van der Waals surface area (Å²) < 4.78 is 53.9. The fourth-order valence-electron chi connectivity index (χ4n) is 5.14. The molecule has 10 nitrogen and oxygen atoms in total. The van der Waals surface area contributed by atoms with Crippen LogP contribution in [0.15, 0.2) is 42.9 Å². The van der Waals surface area contributed by atoms with Gasteiger partial charge in [-0.1, -0.05) is 12.1 Å². The van der Waals surface area contributed by atoms with Crippen molar-refractivity contribution in [3.63, 3.8) is 0 Å². The summed E-state index contributed by atoms with van der Waals surface area (Å²) in [6, 6.07) is 8.02. The molecule has 0 spiro atoms. The SMILES string of the molecule is CCOc1cc(C(F)(F)F)nn1-c1ccc(Cn2nc(C3CC3)c3cnc(-c4c(OC)ncnc4C4CC4)nc32)cc1. The lowest BCUT2D eigenvalue weighted by atomic mass is 10.1. The lowest BCUT2D eigenvalue weighted by Crippen LogP contribution is -2.08. The number of aromatic nitrogens is 8. The minimum atomic E-state index is -4.58. The number of hydrogen-bond acceptors (Lipinski definition) is 8. The van der Waals surface area contributed by atoms with Gasteiger partial charge in [-0.15, -0.1) is 0 Å². The normalized spacial score (nSPS) is 15.4. The van der Waals surface area contributed by atoms with Gasteiger partial charge in [0.05, 0.1) is 42.7 Å². The molecule has 0 N–H and O–H groups in total. The van der Waals surface area contributed by atoms with Crippen molar-refractivity contribution in [1.82, 2.24) is 39.5 Å². The fourth-order valence-corrected chi connectivity index (χ4v) is 5.14. The zero-order valence-electron chi connectivity index (χ0n) is 23.0. The Bertz CT molecular complexity index is 1770. The van der Waals surface area contributed by atoms with Crippen molar-refractivity contribution in [2.45, 2.75) is 57.2 Å². The first-order chi connectivity index (χ1) is 20.3. The Morgan fingerprint density at radius 3 is 2.36 bits per heavy atom. The third kappa shape index (κ3) is 4.82. The van der Waals surface area contributed by atoms with Crippen LogP contribution in [0.1, 0.15) is 67.1 Å². The summed E-state index contributed by atoms with van der Waals surface area (Å²) in [5, 5.41) is 9.58. The number of methoxy groups -OCH3 is 1. The summed E-state index contributed by atoms with van der Waals surface area (Å²) in [6.07, 6.45) is 3.01. The first-order valence-electron chi connectivity index (χ1n) is 13.9. The van der Waals surface area contributed by atoms with E-state index in [-0.39, 0.29) is 12.5 Å². The van der Waals surface area contributed by atoms with Crippen molar-refractivity contribution in [1.29, 1.82) is 0 Å². The maximum atomic E-state index is 13.3. The number of fused-ring (bicyclic) bond motifs is 1. The molecule has 216 valence electrons. The number of halogens is 3. The molecule has 4 heterocycles. The monoisotopic (exact) mass is 576 g/mol. The third-order valence-electron chi connectivity index (χ3n) is 7.48. The van der Waals surface area contributed by atoms with Crippen LogP contribution >= 0.6 is 0 Å². The number of alkyl halides is 3. The molecular weight excluding hydrogens is 549 g/mol. The molecule has 0 atom stereocenters. The van der Waals surface area contributed by atoms with Gasteiger partial charge in [0.25, 0.3) is 0 Å². The Balaban J connectivity index is 1.25. The molecule has 5 aromatic rings. The van der Waals surface area contributed by atoms with Crippen molar-refractivity contribution >= 4 is 11.0 Å². The zero-order valence-corrected chi connectivity index (χ0v) is 23.0. The average Bonchev–Trinajstić information content (AvgIpc) is 3.93. The molecule has 2 saturated carbocycles. The number of rotatable bonds is 9. The Morgan fingerprint density at radius 1 is 0.952 bits per heavy atom. The van der Waals surface area contributed by atoms with Crippen LogP contribution in [0, 0.1) is 0 Å². The van der Waals surface area contributed by atoms with Crippen molar-refractivity contribution in [2.75, 3.05) is 13.7 Å². The van der Waals surface area contributed by atoms with Crippen molar-refractivity contribution in [2.24, 2.45) is 0 Å². The van der Waals surface area contributed by atoms with E-state index >= 15 is 0 Å². The molecule has 4 aromatic heterocycles. The smallest absolute Gasteiger partial charge is 0.435 e. The van der Waals surface area contributed by atoms with Gasteiger partial charge in [-0.2, -0.15) is 23.4 Å². The number of hydrogen-bond donors (Lipinski definition) is 0. The molecule has 1 aromatic carbocycles. The number of ether oxygens (including phenoxy) is 2. The van der Waals surface area contributed by atoms with E-state index in [0.717, 1.165) is 58.8 Å². The third-order valence-corrected chi connectivity index (χ3v) is 7.48. The summed E-state index contributed by atoms with van der Waals surface area (Å²) in [7, 11) is 1.57. The average molecular weight is 577 g/mol. The molecular formula is C29H27F3N8O2. The van der Waals surface area contributed by atoms with Crippen molar-refractivity contribution in [3.8, 4) is 28.8 Å². The molecule has 0 bridgehead atoms. The molecule has 2 aliphatic carbocycles. The highest BCUT2D eigenvalue weighted by Crippen LogP contribution is 2.46. The molecule has 13 heteroatoms. The Hall–Kier alpha value is -4.55. The van der Waals surface area contributed by atoms with Gasteiger partial charge in [-0.3, -0.25) is 0 Å². The topological polar surface area (TPSA) is 106 Å². The molecule has 0 radical (unpaired) electrons. The summed E-state index contributed by atoms with van der Waals surface area (Å²) in [5.41, 5.74) is 3.61. The number of benzene rings is 1. The molecule has 2 aliphatic rings. The van der Waals surface area contributed by atoms with Gasteiger partial charge in [0.2, 0.25) is 11.8 Å². The van der Waals surface area contributed by atoms with Crippen LogP contribution in [-0.2, 0) is 12.7 Å². The van der Waals surface area contributed by atoms with Crippen molar-refractivity contribution < 1.29 is 22.6 Å². The van der Waals surface area contributed by atoms with Crippen molar-refractivity contribution in [3.05, 3.63) is 65.5 Å². The fraction of sp³-hybridized carbons (Fsp3) is 0.379. The first kappa shape index (κ1) is 26.4. The Labute approximate surface area is 238 Å². The zero-order chi connectivity index (χ0) is 29.0. The predicted octanol–water partition coefficient (Wildman–Crippen LogP) is 5.70. The van der Waals surface area contributed by atoms with Crippen LogP contribution in [0.3, 0.4) is 0 Å². The molecule has 0 unspecified atom stereocenters. The summed E-state index contributed by atoms with van der Waals surface area (Å²) in [5.74, 6) is 1.67. The van der Waals surface area contributed by atoms with Crippen LogP contribution in [0.5, 0.6) is 11.8 Å². The van der Waals surface area contributed by atoms with Gasteiger partial charge in [0, 0.05) is 24.1 Å². The molecule has 0 amide bonds. The lowest BCUT2D eigenvalue weighted by molar-refractivity contribution is -0.141. The Kier molecular flexibility index (Phi) is 6.32. The highest BCUT2D eigenvalue weighted by atomic mass is 19.4. The van der Waals surface area contributed by atoms with Gasteiger partial charge in [-0.05, 0) is 50.3 Å². The van der Waals surface area contributed by atoms with Gasteiger partial charge < -0.3 is 9.47 Å². The highest BCUT2D eigenvalue weighted by Gasteiger charge is 2.36. The largest absolute Gasteiger partial charge is 0.480 e. The second kappa shape index (κ2) is 10.1. The van der Waals surface area contributed by atoms with E-state index in [1.54, 1.807) is 26.2 Å². The van der Waals surface area contributed by atoms with Gasteiger partial charge >= 0.3 is 6.18 Å². The first-order valence-corrected chi connectivity index (χ1v) is 13.9. The maximum Gasteiger partial charge on any atom is 0.435 e. The second-order valence-electron chi connectivity index (χ2n) is 10.5. The molecule has 7 rings (SSSR count). The van der Waals surface area contributed by atoms with Crippen LogP contribution < -0.4 is 9.47 Å². The quantitative estimate of drug-likeness (QED) is 0.220. The van der Waals surface area contributed by atoms with E-state index in [1.165, 1.54) is 6.33 Å². The predicted molar refractivity (Wildman–Crippen MR) is 146 cm³/mol. The minimum absolute atomic E-state index is 0.0276. The molecule has 42 heavy (non-hydrogen) atoms. The standard InChI is InChI=1S/C29H27F3N8O2/c1-3-42-22-12-21(29(30,31)32)37-40(22)19-10-4-16(5-11-19)14-39-27-20(24(38-39)17-6-7-17)13-33-26(36-27)23-25(18-8-9-18)34-15-35-28(23)41-2/h4-5,10-13,15,17-18H,3,6-9,14H2,1-2H3. The second-order valence-corrected chi connectivity index (χ2v) is 10.5. The number of nitrogens with zero attached hydrogens (tertiary/aromatic N) is 8. The van der Waals surface area contributed by atoms with Crippen LogP contribution in [0.4, 0.5) is 13.2 Å².